The van der Waals surface area contributed by atoms with Crippen LogP contribution in [0.2, 0.25) is 5.02 Å². The molecule has 0 saturated heterocycles. The third-order valence-corrected chi connectivity index (χ3v) is 4.18. The normalized spacial score (nSPS) is 13.3. The Hall–Kier alpha value is -1.88. The zero-order valence-electron chi connectivity index (χ0n) is 14.5. The second kappa shape index (κ2) is 9.56. The number of nitrogens with one attached hydrogen (secondary N) is 1. The Bertz CT molecular complexity index is 688. The van der Waals surface area contributed by atoms with Crippen LogP contribution < -0.4 is 10.1 Å². The number of aliphatic hydroxyl groups excluding tert-OH is 1. The highest BCUT2D eigenvalue weighted by molar-refractivity contribution is 6.30. The Kier molecular flexibility index (Phi) is 7.44. The van der Waals surface area contributed by atoms with Gasteiger partial charge in [0.15, 0.2) is 5.78 Å². The lowest BCUT2D eigenvalue weighted by Crippen LogP contribution is -2.33. The van der Waals surface area contributed by atoms with Gasteiger partial charge in [0.25, 0.3) is 0 Å². The molecule has 0 radical (unpaired) electrons. The van der Waals surface area contributed by atoms with Crippen LogP contribution in [0, 0.1) is 0 Å². The minimum atomic E-state index is -0.640. The molecule has 25 heavy (non-hydrogen) atoms. The van der Waals surface area contributed by atoms with Crippen molar-refractivity contribution in [1.29, 1.82) is 0 Å². The van der Waals surface area contributed by atoms with Crippen molar-refractivity contribution in [1.82, 2.24) is 5.32 Å². The van der Waals surface area contributed by atoms with Crippen LogP contribution in [-0.4, -0.2) is 30.1 Å². The molecule has 0 heterocycles. The lowest BCUT2D eigenvalue weighted by Gasteiger charge is -2.18. The van der Waals surface area contributed by atoms with Crippen LogP contribution in [0.25, 0.3) is 0 Å². The molecule has 0 saturated carbocycles. The van der Waals surface area contributed by atoms with E-state index in [0.717, 1.165) is 5.56 Å². The highest BCUT2D eigenvalue weighted by Gasteiger charge is 2.10. The third-order valence-electron chi connectivity index (χ3n) is 3.95. The number of carbonyl (C=O) groups excluding carboxylic acids is 1. The molecular weight excluding hydrogens is 338 g/mol. The summed E-state index contributed by atoms with van der Waals surface area (Å²) in [5.74, 6) is 0.736. The molecule has 0 aliphatic heterocycles. The quantitative estimate of drug-likeness (QED) is 0.662. The summed E-state index contributed by atoms with van der Waals surface area (Å²) in [6.45, 7) is 4.43. The lowest BCUT2D eigenvalue weighted by atomic mass is 10.1. The first-order chi connectivity index (χ1) is 12.0. The smallest absolute Gasteiger partial charge is 0.162 e. The minimum absolute atomic E-state index is 0.0766. The number of rotatable bonds is 9. The Labute approximate surface area is 153 Å². The van der Waals surface area contributed by atoms with Crippen LogP contribution in [0.15, 0.2) is 48.5 Å². The summed E-state index contributed by atoms with van der Waals surface area (Å²) in [5, 5.41) is 14.0. The van der Waals surface area contributed by atoms with Gasteiger partial charge in [-0.2, -0.15) is 0 Å². The van der Waals surface area contributed by atoms with Crippen LogP contribution >= 0.6 is 11.6 Å². The number of aliphatic hydroxyl groups is 1. The highest BCUT2D eigenvalue weighted by atomic mass is 35.5. The first-order valence-corrected chi connectivity index (χ1v) is 8.80. The number of ketones is 1. The van der Waals surface area contributed by atoms with Gasteiger partial charge in [-0.3, -0.25) is 4.79 Å². The number of halogens is 1. The number of hydrogen-bond donors (Lipinski definition) is 2. The zero-order valence-corrected chi connectivity index (χ0v) is 15.3. The van der Waals surface area contributed by atoms with E-state index >= 15 is 0 Å². The number of benzene rings is 2. The standard InChI is InChI=1S/C20H24ClNO3/c1-3-20(24)15-7-9-19(10-8-15)25-13-18(23)12-22-14(2)16-5-4-6-17(21)11-16/h4-11,14,18,22-23H,3,12-13H2,1-2H3. The maximum absolute atomic E-state index is 11.6. The minimum Gasteiger partial charge on any atom is -0.491 e. The van der Waals surface area contributed by atoms with E-state index in [9.17, 15) is 9.90 Å². The van der Waals surface area contributed by atoms with Crippen molar-refractivity contribution >= 4 is 17.4 Å². The van der Waals surface area contributed by atoms with Crippen molar-refractivity contribution in [3.63, 3.8) is 0 Å². The molecule has 0 fully saturated rings. The molecule has 0 bridgehead atoms. The van der Waals surface area contributed by atoms with E-state index in [-0.39, 0.29) is 18.4 Å². The SMILES string of the molecule is CCC(=O)c1ccc(OCC(O)CNC(C)c2cccc(Cl)c2)cc1. The van der Waals surface area contributed by atoms with Gasteiger partial charge in [-0.05, 0) is 48.9 Å². The molecule has 0 aromatic heterocycles. The third kappa shape index (κ3) is 6.16. The lowest BCUT2D eigenvalue weighted by molar-refractivity contribution is 0.0986. The Balaban J connectivity index is 1.76. The fourth-order valence-corrected chi connectivity index (χ4v) is 2.60. The molecule has 2 aromatic carbocycles. The van der Waals surface area contributed by atoms with Crippen molar-refractivity contribution in [2.24, 2.45) is 0 Å². The summed E-state index contributed by atoms with van der Waals surface area (Å²) in [6, 6.07) is 14.7. The molecule has 0 aliphatic rings. The van der Waals surface area contributed by atoms with Crippen LogP contribution in [0.3, 0.4) is 0 Å². The average Bonchev–Trinajstić information content (AvgIpc) is 2.64. The highest BCUT2D eigenvalue weighted by Crippen LogP contribution is 2.17. The summed E-state index contributed by atoms with van der Waals surface area (Å²) in [4.78, 5) is 11.6. The predicted molar refractivity (Wildman–Crippen MR) is 100 cm³/mol. The van der Waals surface area contributed by atoms with Gasteiger partial charge >= 0.3 is 0 Å². The van der Waals surface area contributed by atoms with Crippen molar-refractivity contribution < 1.29 is 14.6 Å². The predicted octanol–water partition coefficient (Wildman–Crippen LogP) is 4.02. The molecule has 2 unspecified atom stereocenters. The number of carbonyl (C=O) groups is 1. The molecule has 2 N–H and O–H groups in total. The molecule has 2 aromatic rings. The van der Waals surface area contributed by atoms with Crippen molar-refractivity contribution in [3.8, 4) is 5.75 Å². The fourth-order valence-electron chi connectivity index (χ4n) is 2.40. The first-order valence-electron chi connectivity index (χ1n) is 8.42. The van der Waals surface area contributed by atoms with Gasteiger partial charge in [-0.15, -0.1) is 0 Å². The largest absolute Gasteiger partial charge is 0.491 e. The molecular formula is C20H24ClNO3. The summed E-state index contributed by atoms with van der Waals surface area (Å²) < 4.78 is 5.57. The van der Waals surface area contributed by atoms with Gasteiger partial charge < -0.3 is 15.2 Å². The van der Waals surface area contributed by atoms with Crippen LogP contribution in [0.1, 0.15) is 42.2 Å². The molecule has 0 amide bonds. The van der Waals surface area contributed by atoms with Crippen LogP contribution in [0.5, 0.6) is 5.75 Å². The molecule has 5 heteroatoms. The van der Waals surface area contributed by atoms with E-state index in [1.165, 1.54) is 0 Å². The van der Waals surface area contributed by atoms with E-state index in [0.29, 0.717) is 29.3 Å². The Morgan fingerprint density at radius 2 is 1.96 bits per heavy atom. The fraction of sp³-hybridized carbons (Fsp3) is 0.350. The summed E-state index contributed by atoms with van der Waals surface area (Å²) in [7, 11) is 0. The second-order valence-corrected chi connectivity index (χ2v) is 6.39. The van der Waals surface area contributed by atoms with Gasteiger partial charge in [0.2, 0.25) is 0 Å². The van der Waals surface area contributed by atoms with Gasteiger partial charge in [0, 0.05) is 29.6 Å². The molecule has 2 rings (SSSR count). The molecule has 0 aliphatic carbocycles. The number of ether oxygens (including phenoxy) is 1. The van der Waals surface area contributed by atoms with Crippen molar-refractivity contribution in [3.05, 3.63) is 64.7 Å². The van der Waals surface area contributed by atoms with Gasteiger partial charge in [0.05, 0.1) is 0 Å². The Morgan fingerprint density at radius 1 is 1.24 bits per heavy atom. The van der Waals surface area contributed by atoms with E-state index < -0.39 is 6.10 Å². The second-order valence-electron chi connectivity index (χ2n) is 5.95. The van der Waals surface area contributed by atoms with E-state index in [2.05, 4.69) is 5.32 Å². The monoisotopic (exact) mass is 361 g/mol. The van der Waals surface area contributed by atoms with Crippen LogP contribution in [0.4, 0.5) is 0 Å². The maximum Gasteiger partial charge on any atom is 0.162 e. The van der Waals surface area contributed by atoms with E-state index in [1.54, 1.807) is 24.3 Å². The summed E-state index contributed by atoms with van der Waals surface area (Å²) in [5.41, 5.74) is 1.74. The van der Waals surface area contributed by atoms with E-state index in [1.807, 2.05) is 38.1 Å². The van der Waals surface area contributed by atoms with Gasteiger partial charge in [-0.25, -0.2) is 0 Å². The van der Waals surface area contributed by atoms with Crippen molar-refractivity contribution in [2.75, 3.05) is 13.2 Å². The van der Waals surface area contributed by atoms with Gasteiger partial charge in [-0.1, -0.05) is 30.7 Å². The average molecular weight is 362 g/mol. The van der Waals surface area contributed by atoms with Crippen LogP contribution in [-0.2, 0) is 0 Å². The summed E-state index contributed by atoms with van der Waals surface area (Å²) >= 11 is 5.99. The zero-order chi connectivity index (χ0) is 18.2. The molecule has 2 atom stereocenters. The molecule has 134 valence electrons. The summed E-state index contributed by atoms with van der Waals surface area (Å²) in [6.07, 6.45) is -0.159. The van der Waals surface area contributed by atoms with Crippen molar-refractivity contribution in [2.45, 2.75) is 32.4 Å². The topological polar surface area (TPSA) is 58.6 Å². The first kappa shape index (κ1) is 19.4. The number of Topliss-reactive ketones (excluding diaryl/α,β-unsaturated/α-hetero) is 1. The van der Waals surface area contributed by atoms with E-state index in [4.69, 9.17) is 16.3 Å². The molecule has 0 spiro atoms. The number of hydrogen-bond acceptors (Lipinski definition) is 4. The Morgan fingerprint density at radius 3 is 2.60 bits per heavy atom. The van der Waals surface area contributed by atoms with Gasteiger partial charge in [0.1, 0.15) is 18.5 Å². The maximum atomic E-state index is 11.6. The molecule has 4 nitrogen and oxygen atoms in total.